The number of rotatable bonds is 4. The van der Waals surface area contributed by atoms with Crippen molar-refractivity contribution in [2.45, 2.75) is 38.8 Å². The lowest BCUT2D eigenvalue weighted by molar-refractivity contribution is -0.0888. The molecule has 0 radical (unpaired) electrons. The van der Waals surface area contributed by atoms with Crippen LogP contribution in [0.25, 0.3) is 11.3 Å². The third kappa shape index (κ3) is 3.87. The number of ketones is 1. The van der Waals surface area contributed by atoms with Crippen LogP contribution in [-0.2, 0) is 5.41 Å². The molecule has 0 spiro atoms. The molecule has 0 bridgehead atoms. The highest BCUT2D eigenvalue weighted by atomic mass is 19.4. The van der Waals surface area contributed by atoms with E-state index in [4.69, 9.17) is 4.74 Å². The van der Waals surface area contributed by atoms with Crippen LogP contribution in [0.2, 0.25) is 0 Å². The quantitative estimate of drug-likeness (QED) is 0.599. The third-order valence-electron chi connectivity index (χ3n) is 4.62. The first-order chi connectivity index (χ1) is 13.2. The number of halogens is 4. The molecular weight excluding hydrogens is 378 g/mol. The monoisotopic (exact) mass is 399 g/mol. The van der Waals surface area contributed by atoms with Gasteiger partial charge in [-0.3, -0.25) is 4.79 Å². The Morgan fingerprint density at radius 2 is 1.86 bits per heavy atom. The lowest BCUT2D eigenvalue weighted by Crippen LogP contribution is -2.32. The number of pyridine rings is 1. The molecule has 1 aromatic heterocycles. The van der Waals surface area contributed by atoms with Crippen molar-refractivity contribution < 1.29 is 32.2 Å². The fourth-order valence-electron chi connectivity index (χ4n) is 2.96. The molecule has 152 valence electrons. The molecule has 28 heavy (non-hydrogen) atoms. The van der Waals surface area contributed by atoms with Gasteiger partial charge < -0.3 is 9.84 Å². The van der Waals surface area contributed by atoms with Gasteiger partial charge in [-0.1, -0.05) is 20.8 Å². The van der Waals surface area contributed by atoms with Gasteiger partial charge in [-0.25, -0.2) is 9.37 Å². The lowest BCUT2D eigenvalue weighted by Gasteiger charge is -2.23. The van der Waals surface area contributed by atoms with Crippen LogP contribution in [-0.4, -0.2) is 35.3 Å². The number of hydrogen-bond donors (Lipinski definition) is 1. The number of hydrogen-bond acceptors (Lipinski definition) is 4. The minimum Gasteiger partial charge on any atom is -0.490 e. The number of carbonyl (C=O) groups excluding carboxylic acids is 1. The van der Waals surface area contributed by atoms with Gasteiger partial charge in [0, 0.05) is 11.1 Å². The summed E-state index contributed by atoms with van der Waals surface area (Å²) in [5, 5.41) is 9.79. The predicted octanol–water partition coefficient (Wildman–Crippen LogP) is 4.69. The molecule has 4 nitrogen and oxygen atoms in total. The predicted molar refractivity (Wildman–Crippen MR) is 95.9 cm³/mol. The van der Waals surface area contributed by atoms with Gasteiger partial charge >= 0.3 is 6.18 Å². The van der Waals surface area contributed by atoms with Crippen molar-refractivity contribution in [2.75, 3.05) is 13.2 Å². The maximum absolute atomic E-state index is 13.2. The van der Waals surface area contributed by atoms with Crippen molar-refractivity contribution in [1.29, 1.82) is 0 Å². The first-order valence-electron chi connectivity index (χ1n) is 8.88. The smallest absolute Gasteiger partial charge is 0.456 e. The highest BCUT2D eigenvalue weighted by Crippen LogP contribution is 2.46. The summed E-state index contributed by atoms with van der Waals surface area (Å²) in [5.74, 6) is -2.41. The molecule has 0 fully saturated rings. The Labute approximate surface area is 160 Å². The number of aliphatic hydroxyl groups is 1. The number of nitrogens with zero attached hydrogens (tertiary/aromatic N) is 1. The van der Waals surface area contributed by atoms with E-state index in [-0.39, 0.29) is 24.7 Å². The standard InChI is InChI=1S/C18H15F4NO3.C2H6/c1-2-17(8-24)9-26-15-12(17)7-13(16(25)18(20,21)22)23-14(15)10-3-5-11(19)6-4-10;1-2/h3-7,24H,2,8-9H2,1H3;1-2H3. The molecule has 1 unspecified atom stereocenters. The zero-order valence-corrected chi connectivity index (χ0v) is 15.7. The maximum Gasteiger partial charge on any atom is 0.456 e. The zero-order valence-electron chi connectivity index (χ0n) is 15.7. The first kappa shape index (κ1) is 21.8. The van der Waals surface area contributed by atoms with Crippen molar-refractivity contribution in [3.8, 4) is 17.0 Å². The number of benzene rings is 1. The summed E-state index contributed by atoms with van der Waals surface area (Å²) in [5.41, 5.74) is -1.09. The van der Waals surface area contributed by atoms with E-state index in [0.717, 1.165) is 18.2 Å². The molecule has 8 heteroatoms. The Kier molecular flexibility index (Phi) is 6.44. The fourth-order valence-corrected chi connectivity index (χ4v) is 2.96. The highest BCUT2D eigenvalue weighted by Gasteiger charge is 2.45. The van der Waals surface area contributed by atoms with Gasteiger partial charge in [-0.05, 0) is 36.8 Å². The van der Waals surface area contributed by atoms with Crippen LogP contribution in [0.5, 0.6) is 5.75 Å². The Morgan fingerprint density at radius 1 is 1.25 bits per heavy atom. The Morgan fingerprint density at radius 3 is 2.36 bits per heavy atom. The van der Waals surface area contributed by atoms with Crippen molar-refractivity contribution in [2.24, 2.45) is 0 Å². The van der Waals surface area contributed by atoms with E-state index in [1.165, 1.54) is 12.1 Å². The van der Waals surface area contributed by atoms with Gasteiger partial charge in [0.15, 0.2) is 0 Å². The van der Waals surface area contributed by atoms with Gasteiger partial charge in [0.05, 0.1) is 12.0 Å². The van der Waals surface area contributed by atoms with Crippen LogP contribution < -0.4 is 4.74 Å². The molecule has 2 aromatic rings. The molecule has 0 saturated carbocycles. The molecule has 1 atom stereocenters. The molecular formula is C20H21F4NO3. The lowest BCUT2D eigenvalue weighted by atomic mass is 9.80. The van der Waals surface area contributed by atoms with Crippen molar-refractivity contribution in [1.82, 2.24) is 4.98 Å². The zero-order chi connectivity index (χ0) is 21.1. The number of Topliss-reactive ketones (excluding diaryl/α,β-unsaturated/α-hetero) is 1. The second-order valence-electron chi connectivity index (χ2n) is 6.15. The minimum absolute atomic E-state index is 0.0128. The summed E-state index contributed by atoms with van der Waals surface area (Å²) >= 11 is 0. The van der Waals surface area contributed by atoms with E-state index < -0.39 is 28.9 Å². The summed E-state index contributed by atoms with van der Waals surface area (Å²) in [6.07, 6.45) is -4.70. The Hall–Kier alpha value is -2.48. The average Bonchev–Trinajstić information content (AvgIpc) is 3.07. The number of aromatic nitrogens is 1. The van der Waals surface area contributed by atoms with Gasteiger partial charge in [0.25, 0.3) is 5.78 Å². The van der Waals surface area contributed by atoms with Gasteiger partial charge in [0.2, 0.25) is 0 Å². The maximum atomic E-state index is 13.2. The number of aliphatic hydroxyl groups excluding tert-OH is 1. The molecule has 0 amide bonds. The summed E-state index contributed by atoms with van der Waals surface area (Å²) in [6.45, 7) is 5.45. The van der Waals surface area contributed by atoms with E-state index in [9.17, 15) is 27.5 Å². The van der Waals surface area contributed by atoms with E-state index in [0.29, 0.717) is 17.5 Å². The topological polar surface area (TPSA) is 59.4 Å². The van der Waals surface area contributed by atoms with E-state index in [1.807, 2.05) is 13.8 Å². The van der Waals surface area contributed by atoms with Crippen LogP contribution in [0.1, 0.15) is 43.2 Å². The molecule has 1 aliphatic rings. The van der Waals surface area contributed by atoms with E-state index in [2.05, 4.69) is 4.98 Å². The SMILES string of the molecule is CC.CCC1(CO)COc2c1cc(C(=O)C(F)(F)F)nc2-c1ccc(F)cc1. The minimum atomic E-state index is -5.09. The molecule has 1 aliphatic heterocycles. The molecule has 0 saturated heterocycles. The third-order valence-corrected chi connectivity index (χ3v) is 4.62. The van der Waals surface area contributed by atoms with Crippen LogP contribution in [0, 0.1) is 5.82 Å². The highest BCUT2D eigenvalue weighted by molar-refractivity contribution is 5.99. The number of carbonyl (C=O) groups is 1. The average molecular weight is 399 g/mol. The summed E-state index contributed by atoms with van der Waals surface area (Å²) in [7, 11) is 0. The van der Waals surface area contributed by atoms with E-state index in [1.54, 1.807) is 6.92 Å². The number of ether oxygens (including phenoxy) is 1. The first-order valence-corrected chi connectivity index (χ1v) is 8.88. The Balaban J connectivity index is 0.00000136. The molecule has 2 heterocycles. The summed E-state index contributed by atoms with van der Waals surface area (Å²) in [4.78, 5) is 15.6. The van der Waals surface area contributed by atoms with Crippen LogP contribution >= 0.6 is 0 Å². The fraction of sp³-hybridized carbons (Fsp3) is 0.400. The molecule has 1 aromatic carbocycles. The second kappa shape index (κ2) is 8.26. The number of alkyl halides is 3. The Bertz CT molecular complexity index is 844. The summed E-state index contributed by atoms with van der Waals surface area (Å²) < 4.78 is 57.5. The van der Waals surface area contributed by atoms with Gasteiger partial charge in [-0.2, -0.15) is 13.2 Å². The largest absolute Gasteiger partial charge is 0.490 e. The van der Waals surface area contributed by atoms with Crippen LogP contribution in [0.3, 0.4) is 0 Å². The molecule has 3 rings (SSSR count). The molecule has 0 aliphatic carbocycles. The second-order valence-corrected chi connectivity index (χ2v) is 6.15. The van der Waals surface area contributed by atoms with Crippen molar-refractivity contribution >= 4 is 5.78 Å². The van der Waals surface area contributed by atoms with Gasteiger partial charge in [-0.15, -0.1) is 0 Å². The van der Waals surface area contributed by atoms with Crippen LogP contribution in [0.15, 0.2) is 30.3 Å². The molecule has 1 N–H and O–H groups in total. The van der Waals surface area contributed by atoms with Crippen molar-refractivity contribution in [3.63, 3.8) is 0 Å². The van der Waals surface area contributed by atoms with Gasteiger partial charge in [0.1, 0.15) is 29.6 Å². The van der Waals surface area contributed by atoms with Crippen molar-refractivity contribution in [3.05, 3.63) is 47.4 Å². The normalized spacial score (nSPS) is 18.0. The van der Waals surface area contributed by atoms with Crippen LogP contribution in [0.4, 0.5) is 17.6 Å². The summed E-state index contributed by atoms with van der Waals surface area (Å²) in [6, 6.07) is 5.98. The number of fused-ring (bicyclic) bond motifs is 1. The van der Waals surface area contributed by atoms with E-state index >= 15 is 0 Å².